The third kappa shape index (κ3) is 8.92. The smallest absolute Gasteiger partial charge is 0.323 e. The lowest BCUT2D eigenvalue weighted by molar-refractivity contribution is 0.137. The van der Waals surface area contributed by atoms with E-state index in [1.54, 1.807) is 24.4 Å². The Labute approximate surface area is 243 Å². The van der Waals surface area contributed by atoms with Crippen molar-refractivity contribution in [2.24, 2.45) is 11.8 Å². The Kier molecular flexibility index (Phi) is 10.2. The van der Waals surface area contributed by atoms with Crippen molar-refractivity contribution in [1.82, 2.24) is 9.88 Å². The number of likely N-dealkylation sites (tertiary alicyclic amines) is 1. The van der Waals surface area contributed by atoms with Gasteiger partial charge < -0.3 is 25.0 Å². The van der Waals surface area contributed by atoms with Crippen LogP contribution in [0.1, 0.15) is 59.4 Å². The molecule has 4 rings (SSSR count). The van der Waals surface area contributed by atoms with Gasteiger partial charge in [-0.05, 0) is 86.5 Å². The molecule has 0 atom stereocenters. The van der Waals surface area contributed by atoms with Crippen LogP contribution in [-0.4, -0.2) is 42.2 Å². The van der Waals surface area contributed by atoms with Crippen LogP contribution < -0.4 is 20.1 Å². The van der Waals surface area contributed by atoms with Gasteiger partial charge in [-0.25, -0.2) is 14.2 Å². The van der Waals surface area contributed by atoms with Gasteiger partial charge in [-0.1, -0.05) is 52.8 Å². The second kappa shape index (κ2) is 13.8. The summed E-state index contributed by atoms with van der Waals surface area (Å²) in [6.07, 6.45) is 4.99. The van der Waals surface area contributed by atoms with E-state index >= 15 is 0 Å². The first-order valence-corrected chi connectivity index (χ1v) is 14.5. The number of aromatic nitrogens is 1. The molecule has 2 aromatic carbocycles. The molecule has 3 aromatic rings. The molecule has 1 aliphatic heterocycles. The maximum absolute atomic E-state index is 14.9. The molecule has 0 bridgehead atoms. The monoisotopic (exact) mass is 562 g/mol. The van der Waals surface area contributed by atoms with Crippen molar-refractivity contribution in [3.63, 3.8) is 0 Å². The van der Waals surface area contributed by atoms with E-state index in [1.165, 1.54) is 18.6 Å². The Morgan fingerprint density at radius 3 is 2.49 bits per heavy atom. The van der Waals surface area contributed by atoms with E-state index in [0.717, 1.165) is 44.0 Å². The van der Waals surface area contributed by atoms with Crippen molar-refractivity contribution < 1.29 is 18.7 Å². The largest absolute Gasteiger partial charge is 0.493 e. The third-order valence-corrected chi connectivity index (χ3v) is 7.33. The zero-order valence-electron chi connectivity index (χ0n) is 24.9. The van der Waals surface area contributed by atoms with Gasteiger partial charge in [0.25, 0.3) is 0 Å². The first-order valence-electron chi connectivity index (χ1n) is 14.5. The molecule has 1 saturated heterocycles. The van der Waals surface area contributed by atoms with E-state index in [9.17, 15) is 9.18 Å². The highest BCUT2D eigenvalue weighted by Gasteiger charge is 2.21. The van der Waals surface area contributed by atoms with Crippen LogP contribution >= 0.6 is 0 Å². The van der Waals surface area contributed by atoms with Crippen LogP contribution in [0.15, 0.2) is 60.8 Å². The lowest BCUT2D eigenvalue weighted by Gasteiger charge is -2.32. The molecule has 8 heteroatoms. The molecular weight excluding hydrogens is 519 g/mol. The number of para-hydroxylation sites is 1. The van der Waals surface area contributed by atoms with E-state index < -0.39 is 11.8 Å². The van der Waals surface area contributed by atoms with E-state index in [0.29, 0.717) is 29.7 Å². The number of urea groups is 1. The molecule has 0 unspecified atom stereocenters. The fraction of sp³-hybridized carbons (Fsp3) is 0.455. The molecule has 1 aromatic heterocycles. The Balaban J connectivity index is 1.31. The summed E-state index contributed by atoms with van der Waals surface area (Å²) in [5.41, 5.74) is 1.29. The van der Waals surface area contributed by atoms with Crippen molar-refractivity contribution >= 4 is 17.4 Å². The minimum absolute atomic E-state index is 0.0535. The first kappa shape index (κ1) is 30.3. The molecule has 0 aliphatic carbocycles. The summed E-state index contributed by atoms with van der Waals surface area (Å²) in [4.78, 5) is 19.6. The highest BCUT2D eigenvalue weighted by molar-refractivity contribution is 6.00. The van der Waals surface area contributed by atoms with Crippen LogP contribution in [0.4, 0.5) is 20.6 Å². The van der Waals surface area contributed by atoms with Gasteiger partial charge in [0, 0.05) is 17.8 Å². The number of ether oxygens (including phenoxy) is 2. The van der Waals surface area contributed by atoms with E-state index in [1.807, 2.05) is 24.3 Å². The van der Waals surface area contributed by atoms with Crippen LogP contribution in [-0.2, 0) is 5.41 Å². The average molecular weight is 563 g/mol. The van der Waals surface area contributed by atoms with E-state index in [4.69, 9.17) is 9.47 Å². The number of carbonyl (C=O) groups is 1. The summed E-state index contributed by atoms with van der Waals surface area (Å²) < 4.78 is 26.9. The van der Waals surface area contributed by atoms with E-state index in [2.05, 4.69) is 55.1 Å². The van der Waals surface area contributed by atoms with Crippen LogP contribution in [0, 0.1) is 17.7 Å². The van der Waals surface area contributed by atoms with Crippen LogP contribution in [0.5, 0.6) is 17.4 Å². The number of rotatable bonds is 10. The first-order chi connectivity index (χ1) is 19.6. The summed E-state index contributed by atoms with van der Waals surface area (Å²) in [5, 5.41) is 5.30. The van der Waals surface area contributed by atoms with Gasteiger partial charge in [-0.2, -0.15) is 0 Å². The Hall–Kier alpha value is -3.65. The summed E-state index contributed by atoms with van der Waals surface area (Å²) in [6.45, 7) is 14.7. The molecule has 0 radical (unpaired) electrons. The maximum Gasteiger partial charge on any atom is 0.323 e. The number of piperidine rings is 1. The molecule has 1 aliphatic rings. The topological polar surface area (TPSA) is 75.7 Å². The van der Waals surface area contributed by atoms with Crippen molar-refractivity contribution in [1.29, 1.82) is 0 Å². The number of anilines is 2. The number of amides is 2. The standard InChI is InChI=1S/C33H43FN4O3/c1-23(2)14-18-38-19-15-24(16-20-38)22-40-25-12-13-28(27(34)21-25)36-32(39)37-29-10-8-17-35-31(29)41-30-11-7-6-9-26(30)33(3,4)5/h6-13,17,21,23-24H,14-16,18-20,22H2,1-5H3,(H2,36,37,39). The predicted octanol–water partition coefficient (Wildman–Crippen LogP) is 8.09. The lowest BCUT2D eigenvalue weighted by atomic mass is 9.86. The molecule has 1 fully saturated rings. The SMILES string of the molecule is CC(C)CCN1CCC(COc2ccc(NC(=O)Nc3cccnc3Oc3ccccc3C(C)(C)C)c(F)c2)CC1. The molecule has 2 heterocycles. The van der Waals surface area contributed by atoms with Gasteiger partial charge in [0.15, 0.2) is 0 Å². The normalized spacial score (nSPS) is 14.6. The van der Waals surface area contributed by atoms with Gasteiger partial charge in [0.1, 0.15) is 23.0 Å². The second-order valence-electron chi connectivity index (χ2n) is 12.2. The molecule has 2 N–H and O–H groups in total. The number of benzene rings is 2. The van der Waals surface area contributed by atoms with Gasteiger partial charge in [-0.15, -0.1) is 0 Å². The van der Waals surface area contributed by atoms with Crippen LogP contribution in [0.25, 0.3) is 0 Å². The minimum Gasteiger partial charge on any atom is -0.493 e. The van der Waals surface area contributed by atoms with Gasteiger partial charge in [0.05, 0.1) is 12.3 Å². The molecule has 2 amide bonds. The highest BCUT2D eigenvalue weighted by Crippen LogP contribution is 2.35. The molecule has 0 saturated carbocycles. The third-order valence-electron chi connectivity index (χ3n) is 7.33. The Morgan fingerprint density at radius 2 is 1.78 bits per heavy atom. The van der Waals surface area contributed by atoms with Crippen molar-refractivity contribution in [2.75, 3.05) is 36.9 Å². The van der Waals surface area contributed by atoms with Crippen molar-refractivity contribution in [3.8, 4) is 17.4 Å². The van der Waals surface area contributed by atoms with E-state index in [-0.39, 0.29) is 17.0 Å². The van der Waals surface area contributed by atoms with Gasteiger partial charge >= 0.3 is 6.03 Å². The number of nitrogens with one attached hydrogen (secondary N) is 2. The van der Waals surface area contributed by atoms with Crippen molar-refractivity contribution in [2.45, 2.75) is 59.3 Å². The van der Waals surface area contributed by atoms with Crippen LogP contribution in [0.3, 0.4) is 0 Å². The fourth-order valence-corrected chi connectivity index (χ4v) is 4.84. The van der Waals surface area contributed by atoms with Gasteiger partial charge in [-0.3, -0.25) is 0 Å². The summed E-state index contributed by atoms with van der Waals surface area (Å²) in [5.74, 6) is 1.97. The summed E-state index contributed by atoms with van der Waals surface area (Å²) in [7, 11) is 0. The Bertz CT molecular complexity index is 1300. The molecular formula is C33H43FN4O3. The second-order valence-corrected chi connectivity index (χ2v) is 12.2. The predicted molar refractivity (Wildman–Crippen MR) is 163 cm³/mol. The summed E-state index contributed by atoms with van der Waals surface area (Å²) >= 11 is 0. The van der Waals surface area contributed by atoms with Crippen LogP contribution in [0.2, 0.25) is 0 Å². The van der Waals surface area contributed by atoms with Crippen molar-refractivity contribution in [3.05, 3.63) is 72.2 Å². The molecule has 41 heavy (non-hydrogen) atoms. The quantitative estimate of drug-likeness (QED) is 0.261. The number of carbonyl (C=O) groups excluding carboxylic acids is 1. The number of hydrogen-bond acceptors (Lipinski definition) is 5. The Morgan fingerprint density at radius 1 is 1.05 bits per heavy atom. The fourth-order valence-electron chi connectivity index (χ4n) is 4.84. The minimum atomic E-state index is -0.608. The number of nitrogens with zero attached hydrogens (tertiary/aromatic N) is 2. The van der Waals surface area contributed by atoms with Gasteiger partial charge in [0.2, 0.25) is 5.88 Å². The summed E-state index contributed by atoms with van der Waals surface area (Å²) in [6, 6.07) is 15.0. The maximum atomic E-state index is 14.9. The molecule has 7 nitrogen and oxygen atoms in total. The highest BCUT2D eigenvalue weighted by atomic mass is 19.1. The average Bonchev–Trinajstić information content (AvgIpc) is 2.93. The molecule has 0 spiro atoms. The zero-order valence-corrected chi connectivity index (χ0v) is 24.9. The number of pyridine rings is 1. The number of halogens is 1. The number of hydrogen-bond donors (Lipinski definition) is 2. The lowest BCUT2D eigenvalue weighted by Crippen LogP contribution is -2.36. The molecule has 220 valence electrons. The zero-order chi connectivity index (χ0) is 29.4.